The number of rotatable bonds is 10. The molecule has 3 aromatic carbocycles. The molecule has 0 aliphatic carbocycles. The van der Waals surface area contributed by atoms with E-state index < -0.39 is 0 Å². The number of amides is 1. The number of thiophene rings is 1. The average Bonchev–Trinajstić information content (AvgIpc) is 3.28. The second kappa shape index (κ2) is 11.6. The zero-order chi connectivity index (χ0) is 22.9. The lowest BCUT2D eigenvalue weighted by Gasteiger charge is -2.26. The molecule has 33 heavy (non-hydrogen) atoms. The highest BCUT2D eigenvalue weighted by atomic mass is 32.1. The van der Waals surface area contributed by atoms with Crippen molar-refractivity contribution in [2.75, 3.05) is 6.54 Å². The van der Waals surface area contributed by atoms with Crippen molar-refractivity contribution in [3.05, 3.63) is 130 Å². The topological polar surface area (TPSA) is 20.3 Å². The molecular weight excluding hydrogens is 422 g/mol. The average molecular weight is 454 g/mol. The van der Waals surface area contributed by atoms with E-state index in [2.05, 4.69) is 96.1 Å². The fourth-order valence-corrected chi connectivity index (χ4v) is 5.19. The van der Waals surface area contributed by atoms with Crippen molar-refractivity contribution >= 4 is 17.2 Å². The SMILES string of the molecule is Cc1ccsc1CN(CCC(c1ccccc1)c1ccccc1)C(=O)CCc1ccccc1. The van der Waals surface area contributed by atoms with Crippen LogP contribution in [0.4, 0.5) is 0 Å². The van der Waals surface area contributed by atoms with Gasteiger partial charge in [-0.25, -0.2) is 0 Å². The van der Waals surface area contributed by atoms with Gasteiger partial charge in [0, 0.05) is 23.8 Å². The lowest BCUT2D eigenvalue weighted by Crippen LogP contribution is -2.32. The molecule has 4 rings (SSSR count). The van der Waals surface area contributed by atoms with Crippen LogP contribution in [0.3, 0.4) is 0 Å². The summed E-state index contributed by atoms with van der Waals surface area (Å²) in [7, 11) is 0. The van der Waals surface area contributed by atoms with Crippen molar-refractivity contribution in [2.45, 2.75) is 38.6 Å². The van der Waals surface area contributed by atoms with Crippen LogP contribution >= 0.6 is 11.3 Å². The fourth-order valence-electron chi connectivity index (χ4n) is 4.27. The summed E-state index contributed by atoms with van der Waals surface area (Å²) in [6.07, 6.45) is 2.21. The van der Waals surface area contributed by atoms with E-state index in [-0.39, 0.29) is 11.8 Å². The summed E-state index contributed by atoms with van der Waals surface area (Å²) in [5.41, 5.74) is 5.08. The molecule has 4 aromatic rings. The first-order valence-electron chi connectivity index (χ1n) is 11.7. The molecule has 1 aromatic heterocycles. The molecule has 0 N–H and O–H groups in total. The van der Waals surface area contributed by atoms with Gasteiger partial charge in [0.25, 0.3) is 0 Å². The Morgan fingerprint density at radius 3 is 1.94 bits per heavy atom. The first-order chi connectivity index (χ1) is 16.2. The number of carbonyl (C=O) groups excluding carboxylic acids is 1. The fraction of sp³-hybridized carbons (Fsp3) is 0.233. The monoisotopic (exact) mass is 453 g/mol. The Kier molecular flexibility index (Phi) is 8.10. The Morgan fingerprint density at radius 2 is 1.39 bits per heavy atom. The standard InChI is InChI=1S/C30H31NOS/c1-24-20-22-33-29(24)23-31(30(32)18-17-25-11-5-2-6-12-25)21-19-28(26-13-7-3-8-14-26)27-15-9-4-10-16-27/h2-16,20,22,28H,17-19,21,23H2,1H3. The molecule has 0 bridgehead atoms. The van der Waals surface area contributed by atoms with Crippen LogP contribution in [-0.2, 0) is 17.8 Å². The van der Waals surface area contributed by atoms with Crippen molar-refractivity contribution < 1.29 is 4.79 Å². The Hall–Kier alpha value is -3.17. The van der Waals surface area contributed by atoms with Gasteiger partial charge in [0.2, 0.25) is 5.91 Å². The molecule has 0 unspecified atom stereocenters. The third-order valence-corrected chi connectivity index (χ3v) is 7.23. The summed E-state index contributed by atoms with van der Waals surface area (Å²) in [5.74, 6) is 0.493. The summed E-state index contributed by atoms with van der Waals surface area (Å²) in [5, 5.41) is 2.12. The van der Waals surface area contributed by atoms with Crippen LogP contribution < -0.4 is 0 Å². The maximum absolute atomic E-state index is 13.4. The minimum atomic E-state index is 0.228. The van der Waals surface area contributed by atoms with Crippen molar-refractivity contribution in [3.63, 3.8) is 0 Å². The molecule has 0 spiro atoms. The lowest BCUT2D eigenvalue weighted by molar-refractivity contribution is -0.131. The van der Waals surface area contributed by atoms with E-state index in [0.717, 1.165) is 19.4 Å². The van der Waals surface area contributed by atoms with Gasteiger partial charge >= 0.3 is 0 Å². The van der Waals surface area contributed by atoms with E-state index in [9.17, 15) is 4.79 Å². The van der Waals surface area contributed by atoms with Gasteiger partial charge in [-0.05, 0) is 53.5 Å². The van der Waals surface area contributed by atoms with Gasteiger partial charge in [-0.15, -0.1) is 11.3 Å². The summed E-state index contributed by atoms with van der Waals surface area (Å²) in [6, 6.07) is 33.7. The third-order valence-electron chi connectivity index (χ3n) is 6.22. The Morgan fingerprint density at radius 1 is 0.818 bits per heavy atom. The van der Waals surface area contributed by atoms with E-state index in [1.807, 2.05) is 18.2 Å². The number of nitrogens with zero attached hydrogens (tertiary/aromatic N) is 1. The number of aryl methyl sites for hydroxylation is 2. The van der Waals surface area contributed by atoms with Crippen LogP contribution in [0.15, 0.2) is 102 Å². The number of benzene rings is 3. The first kappa shape index (κ1) is 23.0. The molecule has 0 saturated carbocycles. The number of hydrogen-bond acceptors (Lipinski definition) is 2. The molecule has 0 fully saturated rings. The van der Waals surface area contributed by atoms with Crippen LogP contribution in [0.2, 0.25) is 0 Å². The second-order valence-corrected chi connectivity index (χ2v) is 9.49. The quantitative estimate of drug-likeness (QED) is 0.248. The highest BCUT2D eigenvalue weighted by molar-refractivity contribution is 7.10. The minimum absolute atomic E-state index is 0.228. The van der Waals surface area contributed by atoms with Gasteiger partial charge in [0.05, 0.1) is 6.54 Å². The van der Waals surface area contributed by atoms with Crippen molar-refractivity contribution in [2.24, 2.45) is 0 Å². The summed E-state index contributed by atoms with van der Waals surface area (Å²) in [4.78, 5) is 16.7. The van der Waals surface area contributed by atoms with E-state index in [1.165, 1.54) is 27.1 Å². The van der Waals surface area contributed by atoms with Crippen LogP contribution in [0.25, 0.3) is 0 Å². The summed E-state index contributed by atoms with van der Waals surface area (Å²) >= 11 is 1.74. The van der Waals surface area contributed by atoms with Gasteiger partial charge in [0.1, 0.15) is 0 Å². The van der Waals surface area contributed by atoms with E-state index in [4.69, 9.17) is 0 Å². The zero-order valence-electron chi connectivity index (χ0n) is 19.2. The van der Waals surface area contributed by atoms with Crippen LogP contribution in [0.1, 0.15) is 45.9 Å². The van der Waals surface area contributed by atoms with Gasteiger partial charge in [-0.3, -0.25) is 4.79 Å². The zero-order valence-corrected chi connectivity index (χ0v) is 20.0. The molecule has 1 amide bonds. The lowest BCUT2D eigenvalue weighted by atomic mass is 9.88. The normalized spacial score (nSPS) is 11.0. The molecule has 168 valence electrons. The molecule has 1 heterocycles. The van der Waals surface area contributed by atoms with Crippen LogP contribution in [0, 0.1) is 6.92 Å². The highest BCUT2D eigenvalue weighted by Gasteiger charge is 2.20. The van der Waals surface area contributed by atoms with Gasteiger partial charge in [-0.2, -0.15) is 0 Å². The molecule has 0 saturated heterocycles. The number of hydrogen-bond donors (Lipinski definition) is 0. The molecule has 0 atom stereocenters. The molecule has 0 radical (unpaired) electrons. The summed E-state index contributed by atoms with van der Waals surface area (Å²) in [6.45, 7) is 3.56. The molecular formula is C30H31NOS. The Bertz CT molecular complexity index is 1080. The third kappa shape index (κ3) is 6.43. The largest absolute Gasteiger partial charge is 0.338 e. The second-order valence-electron chi connectivity index (χ2n) is 8.49. The van der Waals surface area contributed by atoms with Crippen LogP contribution in [-0.4, -0.2) is 17.4 Å². The Balaban J connectivity index is 1.51. The molecule has 0 aliphatic rings. The van der Waals surface area contributed by atoms with E-state index in [0.29, 0.717) is 13.0 Å². The Labute approximate surface area is 201 Å². The summed E-state index contributed by atoms with van der Waals surface area (Å²) < 4.78 is 0. The maximum Gasteiger partial charge on any atom is 0.223 e. The predicted molar refractivity (Wildman–Crippen MR) is 139 cm³/mol. The first-order valence-corrected chi connectivity index (χ1v) is 12.5. The van der Waals surface area contributed by atoms with Crippen molar-refractivity contribution in [1.29, 1.82) is 0 Å². The van der Waals surface area contributed by atoms with Crippen LogP contribution in [0.5, 0.6) is 0 Å². The molecule has 2 nitrogen and oxygen atoms in total. The van der Waals surface area contributed by atoms with Gasteiger partial charge in [-0.1, -0.05) is 91.0 Å². The predicted octanol–water partition coefficient (Wildman–Crippen LogP) is 7.24. The smallest absolute Gasteiger partial charge is 0.223 e. The minimum Gasteiger partial charge on any atom is -0.338 e. The van der Waals surface area contributed by atoms with Gasteiger partial charge in [0.15, 0.2) is 0 Å². The van der Waals surface area contributed by atoms with Crippen molar-refractivity contribution in [3.8, 4) is 0 Å². The molecule has 0 aliphatic heterocycles. The maximum atomic E-state index is 13.4. The molecule has 3 heteroatoms. The highest BCUT2D eigenvalue weighted by Crippen LogP contribution is 2.29. The van der Waals surface area contributed by atoms with E-state index in [1.54, 1.807) is 11.3 Å². The number of carbonyl (C=O) groups is 1. The van der Waals surface area contributed by atoms with E-state index >= 15 is 0 Å². The van der Waals surface area contributed by atoms with Crippen molar-refractivity contribution in [1.82, 2.24) is 4.90 Å². The van der Waals surface area contributed by atoms with Gasteiger partial charge < -0.3 is 4.90 Å².